The van der Waals surface area contributed by atoms with E-state index in [9.17, 15) is 32.3 Å². The van der Waals surface area contributed by atoms with Gasteiger partial charge in [-0.05, 0) is 54.7 Å². The van der Waals surface area contributed by atoms with Gasteiger partial charge >= 0.3 is 0 Å². The van der Waals surface area contributed by atoms with E-state index in [0.717, 1.165) is 36.3 Å². The molecule has 4 aliphatic rings. The molecule has 11 heteroatoms. The summed E-state index contributed by atoms with van der Waals surface area (Å²) < 4.78 is 38.4. The molecule has 2 saturated heterocycles. The van der Waals surface area contributed by atoms with E-state index in [1.807, 2.05) is 24.3 Å². The number of hydrogen-bond acceptors (Lipinski definition) is 6. The van der Waals surface area contributed by atoms with Crippen molar-refractivity contribution in [3.63, 3.8) is 0 Å². The Morgan fingerprint density at radius 1 is 1.12 bits per heavy atom. The maximum Gasteiger partial charge on any atom is 0.264 e. The molecule has 222 valence electrons. The predicted molar refractivity (Wildman–Crippen MR) is 153 cm³/mol. The summed E-state index contributed by atoms with van der Waals surface area (Å²) in [4.78, 5) is 42.2. The molecular formula is C31H34FN3O6S. The van der Waals surface area contributed by atoms with Crippen LogP contribution in [0.1, 0.15) is 43.2 Å². The number of nitrogens with one attached hydrogen (secondary N) is 2. The van der Waals surface area contributed by atoms with Gasteiger partial charge in [0.1, 0.15) is 6.04 Å². The minimum Gasteiger partial charge on any atom is -0.372 e. The second-order valence-electron chi connectivity index (χ2n) is 11.9. The van der Waals surface area contributed by atoms with E-state index in [1.54, 1.807) is 24.3 Å². The van der Waals surface area contributed by atoms with Gasteiger partial charge < -0.3 is 20.6 Å². The lowest BCUT2D eigenvalue weighted by atomic mass is 9.88. The smallest absolute Gasteiger partial charge is 0.264 e. The zero-order valence-corrected chi connectivity index (χ0v) is 24.1. The molecule has 0 unspecified atom stereocenters. The average molecular weight is 596 g/mol. The summed E-state index contributed by atoms with van der Waals surface area (Å²) in [5.41, 5.74) is 0.418. The third kappa shape index (κ3) is 4.72. The number of carbonyl (C=O) groups is 3. The van der Waals surface area contributed by atoms with Crippen molar-refractivity contribution >= 4 is 27.6 Å². The first-order chi connectivity index (χ1) is 20.0. The molecule has 2 aliphatic carbocycles. The number of nitrogens with zero attached hydrogens (tertiary/aromatic N) is 1. The van der Waals surface area contributed by atoms with E-state index in [4.69, 9.17) is 0 Å². The van der Waals surface area contributed by atoms with Gasteiger partial charge in [-0.2, -0.15) is 4.39 Å². The summed E-state index contributed by atoms with van der Waals surface area (Å²) in [7, 11) is -4.17. The van der Waals surface area contributed by atoms with Crippen LogP contribution >= 0.6 is 0 Å². The summed E-state index contributed by atoms with van der Waals surface area (Å²) in [5, 5.41) is 16.3. The normalized spacial score (nSPS) is 26.8. The van der Waals surface area contributed by atoms with Crippen molar-refractivity contribution in [2.75, 3.05) is 19.3 Å². The first-order valence-corrected chi connectivity index (χ1v) is 16.3. The number of hydrogen-bond donors (Lipinski definition) is 3. The summed E-state index contributed by atoms with van der Waals surface area (Å²) in [6.07, 6.45) is 4.50. The SMILES string of the molecule is CS(=O)(=O)/C(F)=C/[C@@H](C[C@H]1CCNC1=O)NC(=O)[C@H]1[C@H]2CCC[C@H]2CN1C(=O)C1(O)c2ccccc2-c2ccccc21. The summed E-state index contributed by atoms with van der Waals surface area (Å²) in [6, 6.07) is 12.3. The van der Waals surface area contributed by atoms with Crippen LogP contribution in [0.25, 0.3) is 11.1 Å². The minimum atomic E-state index is -4.17. The van der Waals surface area contributed by atoms with Crippen molar-refractivity contribution in [1.82, 2.24) is 15.5 Å². The van der Waals surface area contributed by atoms with E-state index < -0.39 is 50.4 Å². The molecule has 0 radical (unpaired) electrons. The number of likely N-dealkylation sites (tertiary alicyclic amines) is 1. The van der Waals surface area contributed by atoms with Crippen LogP contribution < -0.4 is 10.6 Å². The maximum atomic E-state index is 14.6. The van der Waals surface area contributed by atoms with Gasteiger partial charge in [0.25, 0.3) is 5.91 Å². The molecule has 0 bridgehead atoms. The molecule has 0 spiro atoms. The molecule has 3 amide bonds. The number of amides is 3. The van der Waals surface area contributed by atoms with Gasteiger partial charge in [0.05, 0.1) is 6.04 Å². The molecule has 2 heterocycles. The Kier molecular flexibility index (Phi) is 7.21. The van der Waals surface area contributed by atoms with Crippen LogP contribution in [-0.2, 0) is 29.8 Å². The first-order valence-electron chi connectivity index (χ1n) is 14.4. The second-order valence-corrected chi connectivity index (χ2v) is 13.9. The number of sulfone groups is 1. The zero-order valence-electron chi connectivity index (χ0n) is 23.3. The van der Waals surface area contributed by atoms with E-state index in [1.165, 1.54) is 4.90 Å². The number of fused-ring (bicyclic) bond motifs is 4. The van der Waals surface area contributed by atoms with Crippen LogP contribution in [0.5, 0.6) is 0 Å². The molecule has 2 aliphatic heterocycles. The van der Waals surface area contributed by atoms with Crippen molar-refractivity contribution < 1.29 is 32.3 Å². The highest BCUT2D eigenvalue weighted by molar-refractivity contribution is 7.94. The highest BCUT2D eigenvalue weighted by Crippen LogP contribution is 2.50. The van der Waals surface area contributed by atoms with Crippen LogP contribution in [0.4, 0.5) is 4.39 Å². The third-order valence-corrected chi connectivity index (χ3v) is 10.2. The Balaban J connectivity index is 1.34. The lowest BCUT2D eigenvalue weighted by molar-refractivity contribution is -0.152. The van der Waals surface area contributed by atoms with Gasteiger partial charge in [0, 0.05) is 36.4 Å². The Bertz CT molecular complexity index is 1540. The molecule has 1 saturated carbocycles. The van der Waals surface area contributed by atoms with Crippen molar-refractivity contribution in [3.8, 4) is 11.1 Å². The lowest BCUT2D eigenvalue weighted by Crippen LogP contribution is -2.55. The van der Waals surface area contributed by atoms with Gasteiger partial charge in [-0.25, -0.2) is 8.42 Å². The average Bonchev–Trinajstić information content (AvgIpc) is 3.72. The fraction of sp³-hybridized carbons (Fsp3) is 0.452. The maximum absolute atomic E-state index is 14.6. The molecule has 2 aromatic rings. The summed E-state index contributed by atoms with van der Waals surface area (Å²) in [6.45, 7) is 0.732. The molecular weight excluding hydrogens is 561 g/mol. The molecule has 3 fully saturated rings. The first kappa shape index (κ1) is 28.5. The summed E-state index contributed by atoms with van der Waals surface area (Å²) in [5.74, 6) is -2.02. The number of rotatable bonds is 7. The molecule has 3 N–H and O–H groups in total. The van der Waals surface area contributed by atoms with Gasteiger partial charge in [0.15, 0.2) is 5.60 Å². The molecule has 2 aromatic carbocycles. The van der Waals surface area contributed by atoms with Gasteiger partial charge in [-0.15, -0.1) is 0 Å². The Morgan fingerprint density at radius 2 is 1.76 bits per heavy atom. The number of aliphatic hydroxyl groups is 1. The fourth-order valence-corrected chi connectivity index (χ4v) is 7.81. The predicted octanol–water partition coefficient (Wildman–Crippen LogP) is 2.40. The van der Waals surface area contributed by atoms with E-state index in [-0.39, 0.29) is 30.7 Å². The molecule has 9 nitrogen and oxygen atoms in total. The Labute approximate surface area is 244 Å². The van der Waals surface area contributed by atoms with Gasteiger partial charge in [0.2, 0.25) is 26.8 Å². The van der Waals surface area contributed by atoms with Crippen molar-refractivity contribution in [2.45, 2.75) is 49.8 Å². The van der Waals surface area contributed by atoms with E-state index in [0.29, 0.717) is 30.5 Å². The second kappa shape index (κ2) is 10.6. The Hall–Kier alpha value is -3.57. The lowest BCUT2D eigenvalue weighted by Gasteiger charge is -2.34. The van der Waals surface area contributed by atoms with Crippen LogP contribution in [0, 0.1) is 17.8 Å². The van der Waals surface area contributed by atoms with Crippen LogP contribution in [0.2, 0.25) is 0 Å². The molecule has 42 heavy (non-hydrogen) atoms. The highest BCUT2D eigenvalue weighted by Gasteiger charge is 2.56. The van der Waals surface area contributed by atoms with Crippen LogP contribution in [0.3, 0.4) is 0 Å². The van der Waals surface area contributed by atoms with E-state index >= 15 is 0 Å². The quantitative estimate of drug-likeness (QED) is 0.451. The molecule has 5 atom stereocenters. The van der Waals surface area contributed by atoms with Gasteiger partial charge in [-0.3, -0.25) is 14.4 Å². The van der Waals surface area contributed by atoms with Gasteiger partial charge in [-0.1, -0.05) is 55.0 Å². The van der Waals surface area contributed by atoms with Crippen molar-refractivity contribution in [3.05, 3.63) is 70.9 Å². The third-order valence-electron chi connectivity index (χ3n) is 9.37. The minimum absolute atomic E-state index is 0.0139. The monoisotopic (exact) mass is 595 g/mol. The number of carbonyl (C=O) groups excluding carboxylic acids is 3. The zero-order chi connectivity index (χ0) is 29.8. The molecule has 6 rings (SSSR count). The number of halogens is 1. The topological polar surface area (TPSA) is 133 Å². The Morgan fingerprint density at radius 3 is 2.36 bits per heavy atom. The van der Waals surface area contributed by atoms with Crippen LogP contribution in [-0.4, -0.2) is 67.6 Å². The number of benzene rings is 2. The molecule has 0 aromatic heterocycles. The highest BCUT2D eigenvalue weighted by atomic mass is 32.2. The largest absolute Gasteiger partial charge is 0.372 e. The van der Waals surface area contributed by atoms with Crippen LogP contribution in [0.15, 0.2) is 59.8 Å². The van der Waals surface area contributed by atoms with Crippen molar-refractivity contribution in [2.24, 2.45) is 17.8 Å². The van der Waals surface area contributed by atoms with Crippen molar-refractivity contribution in [1.29, 1.82) is 0 Å². The fourth-order valence-electron chi connectivity index (χ4n) is 7.40. The summed E-state index contributed by atoms with van der Waals surface area (Å²) >= 11 is 0. The standard InChI is InChI=1S/C31H34FN3O6S/c1-42(40,41)26(32)16-20(15-18-13-14-33-28(18)36)34-29(37)27-21-10-6-7-19(21)17-35(27)30(38)31(39)24-11-4-2-8-22(24)23-9-3-5-12-25(23)31/h2-5,8-9,11-12,16,18-21,27,39H,6-7,10,13-15,17H2,1H3,(H,33,36)(H,34,37)/b26-16+/t18-,19+,20-,21+,27-/m1/s1. The van der Waals surface area contributed by atoms with E-state index in [2.05, 4.69) is 10.6 Å².